The molecule has 0 amide bonds. The van der Waals surface area contributed by atoms with E-state index in [1.54, 1.807) is 0 Å². The zero-order valence-electron chi connectivity index (χ0n) is 12.2. The Morgan fingerprint density at radius 1 is 0.875 bits per heavy atom. The van der Waals surface area contributed by atoms with E-state index in [1.807, 2.05) is 0 Å². The molecule has 0 aliphatic heterocycles. The second-order valence-electron chi connectivity index (χ2n) is 6.24. The molecule has 0 saturated carbocycles. The van der Waals surface area contributed by atoms with Crippen LogP contribution < -0.4 is 5.73 Å². The van der Waals surface area contributed by atoms with E-state index in [0.717, 1.165) is 24.8 Å². The highest BCUT2D eigenvalue weighted by Crippen LogP contribution is 2.08. The van der Waals surface area contributed by atoms with Crippen molar-refractivity contribution >= 4 is 0 Å². The number of rotatable bonds is 8. The van der Waals surface area contributed by atoms with Crippen molar-refractivity contribution in [1.82, 2.24) is 4.90 Å². The number of hydrogen-bond donors (Lipinski definition) is 1. The molecule has 0 aromatic heterocycles. The van der Waals surface area contributed by atoms with Crippen molar-refractivity contribution < 1.29 is 0 Å². The molecular formula is C14H32N2. The van der Waals surface area contributed by atoms with Crippen LogP contribution in [0.3, 0.4) is 0 Å². The van der Waals surface area contributed by atoms with E-state index in [-0.39, 0.29) is 0 Å². The molecule has 0 aromatic rings. The van der Waals surface area contributed by atoms with Gasteiger partial charge in [-0.1, -0.05) is 41.5 Å². The van der Waals surface area contributed by atoms with Crippen molar-refractivity contribution in [3.8, 4) is 0 Å². The lowest BCUT2D eigenvalue weighted by molar-refractivity contribution is 0.207. The Hall–Kier alpha value is -0.0800. The van der Waals surface area contributed by atoms with Gasteiger partial charge in [0.05, 0.1) is 0 Å². The lowest BCUT2D eigenvalue weighted by Gasteiger charge is -2.28. The van der Waals surface area contributed by atoms with Gasteiger partial charge in [0.2, 0.25) is 0 Å². The second kappa shape index (κ2) is 8.08. The van der Waals surface area contributed by atoms with Crippen molar-refractivity contribution in [3.63, 3.8) is 0 Å². The first-order chi connectivity index (χ1) is 7.32. The molecule has 0 bridgehead atoms. The molecule has 0 rings (SSSR count). The molecule has 2 heteroatoms. The van der Waals surface area contributed by atoms with E-state index in [4.69, 9.17) is 5.73 Å². The second-order valence-corrected chi connectivity index (χ2v) is 6.24. The monoisotopic (exact) mass is 228 g/mol. The first-order valence-corrected chi connectivity index (χ1v) is 6.80. The highest BCUT2D eigenvalue weighted by Gasteiger charge is 2.13. The minimum Gasteiger partial charge on any atom is -0.327 e. The molecule has 0 aromatic carbocycles. The van der Waals surface area contributed by atoms with Gasteiger partial charge in [-0.25, -0.2) is 0 Å². The van der Waals surface area contributed by atoms with Crippen molar-refractivity contribution in [2.45, 2.75) is 54.0 Å². The zero-order chi connectivity index (χ0) is 12.7. The fourth-order valence-electron chi connectivity index (χ4n) is 1.95. The van der Waals surface area contributed by atoms with Gasteiger partial charge in [0.1, 0.15) is 0 Å². The summed E-state index contributed by atoms with van der Waals surface area (Å²) in [6.07, 6.45) is 1.12. The molecule has 0 heterocycles. The van der Waals surface area contributed by atoms with Gasteiger partial charge in [0.15, 0.2) is 0 Å². The van der Waals surface area contributed by atoms with E-state index in [9.17, 15) is 0 Å². The quantitative estimate of drug-likeness (QED) is 0.692. The van der Waals surface area contributed by atoms with Crippen LogP contribution in [0.5, 0.6) is 0 Å². The van der Waals surface area contributed by atoms with Gasteiger partial charge in [0, 0.05) is 19.1 Å². The Balaban J connectivity index is 4.00. The fraction of sp³-hybridized carbons (Fsp3) is 1.00. The molecule has 0 aliphatic carbocycles. The van der Waals surface area contributed by atoms with Crippen LogP contribution in [0.15, 0.2) is 0 Å². The summed E-state index contributed by atoms with van der Waals surface area (Å²) in [5.41, 5.74) is 6.10. The summed E-state index contributed by atoms with van der Waals surface area (Å²) in [6.45, 7) is 17.1. The largest absolute Gasteiger partial charge is 0.327 e. The molecular weight excluding hydrogens is 196 g/mol. The van der Waals surface area contributed by atoms with Crippen molar-refractivity contribution in [2.75, 3.05) is 19.6 Å². The lowest BCUT2D eigenvalue weighted by atomic mass is 10.0. The Bertz CT molecular complexity index is 154. The van der Waals surface area contributed by atoms with E-state index in [1.165, 1.54) is 13.1 Å². The molecule has 98 valence electrons. The highest BCUT2D eigenvalue weighted by atomic mass is 15.1. The topological polar surface area (TPSA) is 29.3 Å². The third-order valence-corrected chi connectivity index (χ3v) is 2.88. The standard InChI is InChI=1S/C14H32N2/c1-11(2)9-16(10-12(3)4)8-7-14(15)13(5)6/h11-14H,7-10,15H2,1-6H3/t14-/m1/s1. The molecule has 0 spiro atoms. The maximum atomic E-state index is 6.10. The molecule has 0 unspecified atom stereocenters. The van der Waals surface area contributed by atoms with Crippen LogP contribution in [0.1, 0.15) is 48.0 Å². The normalized spacial score (nSPS) is 14.4. The van der Waals surface area contributed by atoms with Gasteiger partial charge >= 0.3 is 0 Å². The Labute approximate surface area is 103 Å². The van der Waals surface area contributed by atoms with E-state index >= 15 is 0 Å². The predicted octanol–water partition coefficient (Wildman–Crippen LogP) is 2.97. The van der Waals surface area contributed by atoms with Gasteiger partial charge in [-0.15, -0.1) is 0 Å². The predicted molar refractivity (Wildman–Crippen MR) is 73.5 cm³/mol. The zero-order valence-corrected chi connectivity index (χ0v) is 12.2. The van der Waals surface area contributed by atoms with Crippen LogP contribution in [0.25, 0.3) is 0 Å². The summed E-state index contributed by atoms with van der Waals surface area (Å²) < 4.78 is 0. The molecule has 2 N–H and O–H groups in total. The van der Waals surface area contributed by atoms with Crippen molar-refractivity contribution in [1.29, 1.82) is 0 Å². The summed E-state index contributed by atoms with van der Waals surface area (Å²) in [5.74, 6) is 2.09. The molecule has 0 aliphatic rings. The molecule has 0 saturated heterocycles. The fourth-order valence-corrected chi connectivity index (χ4v) is 1.95. The summed E-state index contributed by atoms with van der Waals surface area (Å²) in [4.78, 5) is 2.57. The van der Waals surface area contributed by atoms with E-state index in [0.29, 0.717) is 12.0 Å². The van der Waals surface area contributed by atoms with Crippen molar-refractivity contribution in [3.05, 3.63) is 0 Å². The van der Waals surface area contributed by atoms with Crippen LogP contribution in [-0.4, -0.2) is 30.6 Å². The first-order valence-electron chi connectivity index (χ1n) is 6.80. The lowest BCUT2D eigenvalue weighted by Crippen LogP contribution is -2.37. The first kappa shape index (κ1) is 15.9. The van der Waals surface area contributed by atoms with E-state index in [2.05, 4.69) is 46.4 Å². The maximum Gasteiger partial charge on any atom is 0.00740 e. The number of nitrogens with two attached hydrogens (primary N) is 1. The van der Waals surface area contributed by atoms with Gasteiger partial charge < -0.3 is 10.6 Å². The van der Waals surface area contributed by atoms with Crippen LogP contribution >= 0.6 is 0 Å². The molecule has 2 nitrogen and oxygen atoms in total. The van der Waals surface area contributed by atoms with Gasteiger partial charge in [0.25, 0.3) is 0 Å². The van der Waals surface area contributed by atoms with Crippen LogP contribution in [0.4, 0.5) is 0 Å². The maximum absolute atomic E-state index is 6.10. The average Bonchev–Trinajstić information content (AvgIpc) is 2.11. The summed E-state index contributed by atoms with van der Waals surface area (Å²) in [5, 5.41) is 0. The SMILES string of the molecule is CC(C)CN(CC[C@@H](N)C(C)C)CC(C)C. The third kappa shape index (κ3) is 8.12. The summed E-state index contributed by atoms with van der Waals surface area (Å²) >= 11 is 0. The number of hydrogen-bond acceptors (Lipinski definition) is 2. The molecule has 16 heavy (non-hydrogen) atoms. The Kier molecular flexibility index (Phi) is 8.04. The van der Waals surface area contributed by atoms with Crippen LogP contribution in [0, 0.1) is 17.8 Å². The Morgan fingerprint density at radius 3 is 1.62 bits per heavy atom. The molecule has 0 radical (unpaired) electrons. The highest BCUT2D eigenvalue weighted by molar-refractivity contribution is 4.70. The van der Waals surface area contributed by atoms with Crippen molar-refractivity contribution in [2.24, 2.45) is 23.5 Å². The number of nitrogens with zero attached hydrogens (tertiary/aromatic N) is 1. The van der Waals surface area contributed by atoms with Gasteiger partial charge in [-0.2, -0.15) is 0 Å². The third-order valence-electron chi connectivity index (χ3n) is 2.88. The van der Waals surface area contributed by atoms with Gasteiger partial charge in [-0.3, -0.25) is 0 Å². The smallest absolute Gasteiger partial charge is 0.00740 e. The molecule has 0 fully saturated rings. The summed E-state index contributed by atoms with van der Waals surface area (Å²) in [7, 11) is 0. The molecule has 1 atom stereocenters. The minimum absolute atomic E-state index is 0.349. The minimum atomic E-state index is 0.349. The van der Waals surface area contributed by atoms with Gasteiger partial charge in [-0.05, 0) is 30.7 Å². The summed E-state index contributed by atoms with van der Waals surface area (Å²) in [6, 6.07) is 0.349. The Morgan fingerprint density at radius 2 is 1.31 bits per heavy atom. The average molecular weight is 228 g/mol. The van der Waals surface area contributed by atoms with Crippen LogP contribution in [-0.2, 0) is 0 Å². The van der Waals surface area contributed by atoms with E-state index < -0.39 is 0 Å². The van der Waals surface area contributed by atoms with Crippen LogP contribution in [0.2, 0.25) is 0 Å².